The van der Waals surface area contributed by atoms with Crippen LogP contribution in [0, 0.1) is 0 Å². The van der Waals surface area contributed by atoms with E-state index in [4.69, 9.17) is 19.7 Å². The van der Waals surface area contributed by atoms with Crippen molar-refractivity contribution in [1.29, 1.82) is 0 Å². The summed E-state index contributed by atoms with van der Waals surface area (Å²) in [5, 5.41) is 39.0. The monoisotopic (exact) mass is 506 g/mol. The first kappa shape index (κ1) is 32.3. The summed E-state index contributed by atoms with van der Waals surface area (Å²) in [7, 11) is 1.30. The number of ether oxygens (including phenoxy) is 3. The molecule has 0 aromatic heterocycles. The minimum absolute atomic E-state index is 0.00365. The highest BCUT2D eigenvalue weighted by Gasteiger charge is 2.37. The Morgan fingerprint density at radius 2 is 1.06 bits per heavy atom. The fourth-order valence-corrected chi connectivity index (χ4v) is 3.43. The van der Waals surface area contributed by atoms with Crippen molar-refractivity contribution in [2.24, 2.45) is 0 Å². The van der Waals surface area contributed by atoms with Crippen LogP contribution in [-0.2, 0) is 38.2 Å². The van der Waals surface area contributed by atoms with Gasteiger partial charge >= 0.3 is 29.8 Å². The lowest BCUT2D eigenvalue weighted by Gasteiger charge is -2.31. The van der Waals surface area contributed by atoms with Crippen LogP contribution in [0.5, 0.6) is 0 Å². The van der Waals surface area contributed by atoms with Gasteiger partial charge in [0.05, 0.1) is 7.11 Å². The second-order valence-electron chi connectivity index (χ2n) is 8.21. The van der Waals surface area contributed by atoms with Gasteiger partial charge in [0, 0.05) is 6.42 Å². The first-order valence-corrected chi connectivity index (χ1v) is 11.9. The molecule has 0 radical (unpaired) electrons. The molecule has 0 aromatic carbocycles. The highest BCUT2D eigenvalue weighted by atomic mass is 16.6. The molecular weight excluding hydrogens is 468 g/mol. The van der Waals surface area contributed by atoms with Gasteiger partial charge in [-0.05, 0) is 32.1 Å². The van der Waals surface area contributed by atoms with Crippen LogP contribution in [0.4, 0.5) is 0 Å². The molecule has 0 aromatic rings. The van der Waals surface area contributed by atoms with Crippen LogP contribution >= 0.6 is 0 Å². The summed E-state index contributed by atoms with van der Waals surface area (Å²) >= 11 is 0. The number of carbonyl (C=O) groups excluding carboxylic acids is 3. The fourth-order valence-electron chi connectivity index (χ4n) is 3.43. The Bertz CT molecular complexity index is 677. The quantitative estimate of drug-likeness (QED) is 0.0908. The summed E-state index contributed by atoms with van der Waals surface area (Å²) in [6.07, 6.45) is -0.0884. The lowest BCUT2D eigenvalue weighted by Crippen LogP contribution is -2.48. The molecule has 0 heterocycles. The molecule has 0 aliphatic carbocycles. The van der Waals surface area contributed by atoms with E-state index in [9.17, 15) is 34.2 Å². The topological polar surface area (TPSA) is 194 Å². The molecule has 0 aliphatic heterocycles. The third-order valence-electron chi connectivity index (χ3n) is 5.42. The predicted molar refractivity (Wildman–Crippen MR) is 120 cm³/mol. The van der Waals surface area contributed by atoms with Crippen LogP contribution < -0.4 is 0 Å². The number of rotatable bonds is 18. The van der Waals surface area contributed by atoms with Crippen LogP contribution in [0.2, 0.25) is 0 Å². The Balaban J connectivity index is 5.13. The van der Waals surface area contributed by atoms with E-state index in [0.29, 0.717) is 38.5 Å². The van der Waals surface area contributed by atoms with Crippen molar-refractivity contribution in [3.8, 4) is 0 Å². The number of hydrogen-bond donors (Lipinski definition) is 4. The predicted octanol–water partition coefficient (Wildman–Crippen LogP) is 1.58. The standard InChI is InChI=1S/C23H38O12/c1-3-4-5-9-12-15(34-22(31)20(27)28)18(25)19(26)16(35-23(32)21(29)30)13-10-7-6-8-11-14-17(24)33-2/h15-16,18-19,25-26H,3-14H2,1-2H3,(H,27,28)(H,29,30). The van der Waals surface area contributed by atoms with Crippen molar-refractivity contribution >= 4 is 29.8 Å². The van der Waals surface area contributed by atoms with Crippen molar-refractivity contribution in [1.82, 2.24) is 0 Å². The molecule has 0 saturated heterocycles. The molecule has 4 atom stereocenters. The number of aliphatic hydroxyl groups excluding tert-OH is 2. The Labute approximate surface area is 204 Å². The van der Waals surface area contributed by atoms with E-state index >= 15 is 0 Å². The highest BCUT2D eigenvalue weighted by Crippen LogP contribution is 2.21. The average molecular weight is 507 g/mol. The van der Waals surface area contributed by atoms with Crippen LogP contribution in [0.3, 0.4) is 0 Å². The minimum atomic E-state index is -1.88. The van der Waals surface area contributed by atoms with Crippen LogP contribution in [0.1, 0.15) is 84.0 Å². The van der Waals surface area contributed by atoms with Gasteiger partial charge in [0.15, 0.2) is 0 Å². The Morgan fingerprint density at radius 1 is 0.657 bits per heavy atom. The normalized spacial score (nSPS) is 14.3. The Kier molecular flexibility index (Phi) is 17.1. The number of carbonyl (C=O) groups is 5. The molecule has 0 rings (SSSR count). The maximum absolute atomic E-state index is 11.6. The third-order valence-corrected chi connectivity index (χ3v) is 5.42. The highest BCUT2D eigenvalue weighted by molar-refractivity contribution is 6.29. The molecule has 0 saturated carbocycles. The molecule has 202 valence electrons. The summed E-state index contributed by atoms with van der Waals surface area (Å²) in [5.41, 5.74) is 0. The van der Waals surface area contributed by atoms with E-state index in [1.165, 1.54) is 7.11 Å². The lowest BCUT2D eigenvalue weighted by atomic mass is 9.95. The van der Waals surface area contributed by atoms with E-state index in [1.807, 2.05) is 6.92 Å². The second-order valence-corrected chi connectivity index (χ2v) is 8.21. The molecule has 0 aliphatic rings. The number of hydrogen-bond acceptors (Lipinski definition) is 10. The summed E-state index contributed by atoms with van der Waals surface area (Å²) in [4.78, 5) is 56.1. The summed E-state index contributed by atoms with van der Waals surface area (Å²) < 4.78 is 14.2. The number of aliphatic hydroxyl groups is 2. The summed E-state index contributed by atoms with van der Waals surface area (Å²) in [5.74, 6) is -7.29. The van der Waals surface area contributed by atoms with E-state index in [2.05, 4.69) is 4.74 Å². The van der Waals surface area contributed by atoms with Gasteiger partial charge < -0.3 is 34.6 Å². The maximum atomic E-state index is 11.6. The largest absolute Gasteiger partial charge is 0.473 e. The molecule has 4 N–H and O–H groups in total. The SMILES string of the molecule is CCCCCCC(OC(=O)C(=O)O)C(O)C(O)C(CCCCCCCC(=O)OC)OC(=O)C(=O)O. The first-order valence-electron chi connectivity index (χ1n) is 11.9. The van der Waals surface area contributed by atoms with Gasteiger partial charge in [-0.2, -0.15) is 0 Å². The van der Waals surface area contributed by atoms with E-state index in [-0.39, 0.29) is 25.2 Å². The number of methoxy groups -OCH3 is 1. The molecule has 0 spiro atoms. The second kappa shape index (κ2) is 18.6. The number of carboxylic acids is 2. The van der Waals surface area contributed by atoms with Gasteiger partial charge in [-0.3, -0.25) is 4.79 Å². The Morgan fingerprint density at radius 3 is 1.46 bits per heavy atom. The van der Waals surface area contributed by atoms with E-state index in [1.54, 1.807) is 0 Å². The van der Waals surface area contributed by atoms with Gasteiger partial charge in [-0.25, -0.2) is 19.2 Å². The van der Waals surface area contributed by atoms with E-state index < -0.39 is 48.3 Å². The van der Waals surface area contributed by atoms with Crippen LogP contribution in [-0.4, -0.2) is 81.8 Å². The van der Waals surface area contributed by atoms with Gasteiger partial charge in [-0.15, -0.1) is 0 Å². The van der Waals surface area contributed by atoms with Gasteiger partial charge in [0.1, 0.15) is 24.4 Å². The lowest BCUT2D eigenvalue weighted by molar-refractivity contribution is -0.185. The molecule has 0 bridgehead atoms. The molecule has 35 heavy (non-hydrogen) atoms. The number of aliphatic carboxylic acids is 2. The van der Waals surface area contributed by atoms with Gasteiger partial charge in [0.2, 0.25) is 0 Å². The van der Waals surface area contributed by atoms with Crippen LogP contribution in [0.15, 0.2) is 0 Å². The van der Waals surface area contributed by atoms with Gasteiger partial charge in [0.25, 0.3) is 0 Å². The molecule has 0 fully saturated rings. The van der Waals surface area contributed by atoms with Crippen molar-refractivity contribution in [3.63, 3.8) is 0 Å². The van der Waals surface area contributed by atoms with Crippen molar-refractivity contribution in [2.45, 2.75) is 108 Å². The third kappa shape index (κ3) is 14.3. The average Bonchev–Trinajstić information content (AvgIpc) is 2.82. The molecule has 12 heteroatoms. The number of esters is 3. The van der Waals surface area contributed by atoms with E-state index in [0.717, 1.165) is 19.3 Å². The number of carboxylic acid groups (broad SMARTS) is 2. The summed E-state index contributed by atoms with van der Waals surface area (Å²) in [6.45, 7) is 1.97. The molecule has 4 unspecified atom stereocenters. The summed E-state index contributed by atoms with van der Waals surface area (Å²) in [6, 6.07) is 0. The van der Waals surface area contributed by atoms with Crippen molar-refractivity contribution in [2.75, 3.05) is 7.11 Å². The first-order chi connectivity index (χ1) is 16.5. The zero-order valence-corrected chi connectivity index (χ0v) is 20.3. The molecule has 12 nitrogen and oxygen atoms in total. The zero-order chi connectivity index (χ0) is 26.8. The zero-order valence-electron chi connectivity index (χ0n) is 20.3. The molecule has 0 amide bonds. The minimum Gasteiger partial charge on any atom is -0.473 e. The van der Waals surface area contributed by atoms with Crippen molar-refractivity contribution in [3.05, 3.63) is 0 Å². The van der Waals surface area contributed by atoms with Crippen LogP contribution in [0.25, 0.3) is 0 Å². The smallest absolute Gasteiger partial charge is 0.417 e. The fraction of sp³-hybridized carbons (Fsp3) is 0.783. The Hall–Kier alpha value is -2.73. The number of unbranched alkanes of at least 4 members (excludes halogenated alkanes) is 7. The maximum Gasteiger partial charge on any atom is 0.417 e. The molecular formula is C23H38O12. The van der Waals surface area contributed by atoms with Gasteiger partial charge in [-0.1, -0.05) is 45.4 Å². The van der Waals surface area contributed by atoms with Crippen molar-refractivity contribution < 1.29 is 58.6 Å².